The van der Waals surface area contributed by atoms with E-state index in [1.165, 1.54) is 0 Å². The van der Waals surface area contributed by atoms with Crippen LogP contribution in [0.4, 0.5) is 14.5 Å². The van der Waals surface area contributed by atoms with E-state index in [1.807, 2.05) is 0 Å². The van der Waals surface area contributed by atoms with Crippen molar-refractivity contribution in [1.82, 2.24) is 5.32 Å². The molecule has 86 valence electrons. The summed E-state index contributed by atoms with van der Waals surface area (Å²) in [6.45, 7) is 0.745. The first kappa shape index (κ1) is 10.9. The summed E-state index contributed by atoms with van der Waals surface area (Å²) < 4.78 is 26.5. The molecule has 0 amide bonds. The van der Waals surface area contributed by atoms with Crippen LogP contribution in [0.15, 0.2) is 12.1 Å². The van der Waals surface area contributed by atoms with E-state index in [0.29, 0.717) is 12.5 Å². The van der Waals surface area contributed by atoms with E-state index in [1.54, 1.807) is 0 Å². The summed E-state index contributed by atoms with van der Waals surface area (Å²) in [5.74, 6) is -1.87. The molecule has 1 fully saturated rings. The highest BCUT2D eigenvalue weighted by molar-refractivity contribution is 5.38. The Morgan fingerprint density at radius 1 is 1.38 bits per heavy atom. The predicted molar refractivity (Wildman–Crippen MR) is 53.0 cm³/mol. The van der Waals surface area contributed by atoms with Crippen LogP contribution < -0.4 is 5.32 Å². The lowest BCUT2D eigenvalue weighted by Crippen LogP contribution is -2.15. The lowest BCUT2D eigenvalue weighted by molar-refractivity contribution is -0.387. The molecule has 0 saturated carbocycles. The Labute approximate surface area is 90.4 Å². The van der Waals surface area contributed by atoms with Crippen molar-refractivity contribution in [3.8, 4) is 0 Å². The number of halogens is 2. The summed E-state index contributed by atoms with van der Waals surface area (Å²) in [4.78, 5) is 9.68. The van der Waals surface area contributed by atoms with Crippen LogP contribution in [-0.4, -0.2) is 11.5 Å². The maximum absolute atomic E-state index is 13.4. The van der Waals surface area contributed by atoms with Crippen molar-refractivity contribution in [3.63, 3.8) is 0 Å². The molecule has 0 bridgehead atoms. The minimum atomic E-state index is -1.13. The summed E-state index contributed by atoms with van der Waals surface area (Å²) in [5, 5.41) is 13.5. The molecule has 1 saturated heterocycles. The van der Waals surface area contributed by atoms with Gasteiger partial charge in [-0.25, -0.2) is 4.39 Å². The van der Waals surface area contributed by atoms with Crippen molar-refractivity contribution in [1.29, 1.82) is 0 Å². The Kier molecular flexibility index (Phi) is 2.82. The molecule has 1 N–H and O–H groups in total. The Hall–Kier alpha value is -1.56. The van der Waals surface area contributed by atoms with Gasteiger partial charge in [-0.15, -0.1) is 0 Å². The highest BCUT2D eigenvalue weighted by Crippen LogP contribution is 2.30. The van der Waals surface area contributed by atoms with Crippen LogP contribution in [0.25, 0.3) is 0 Å². The van der Waals surface area contributed by atoms with Gasteiger partial charge >= 0.3 is 5.69 Å². The van der Waals surface area contributed by atoms with E-state index in [-0.39, 0.29) is 11.6 Å². The van der Waals surface area contributed by atoms with Gasteiger partial charge in [-0.3, -0.25) is 10.1 Å². The molecule has 2 rings (SSSR count). The molecule has 6 heteroatoms. The zero-order chi connectivity index (χ0) is 11.7. The minimum absolute atomic E-state index is 0.172. The fourth-order valence-corrected chi connectivity index (χ4v) is 1.91. The topological polar surface area (TPSA) is 55.2 Å². The molecule has 16 heavy (non-hydrogen) atoms. The van der Waals surface area contributed by atoms with E-state index in [4.69, 9.17) is 0 Å². The smallest absolute Gasteiger partial charge is 0.305 e. The normalized spacial score (nSPS) is 20.0. The number of hydrogen-bond acceptors (Lipinski definition) is 3. The lowest BCUT2D eigenvalue weighted by Gasteiger charge is -2.11. The monoisotopic (exact) mass is 228 g/mol. The van der Waals surface area contributed by atoms with E-state index >= 15 is 0 Å². The fraction of sp³-hybridized carbons (Fsp3) is 0.400. The molecule has 0 aromatic heterocycles. The first-order chi connectivity index (χ1) is 7.59. The van der Waals surface area contributed by atoms with Crippen LogP contribution in [0.1, 0.15) is 24.4 Å². The summed E-state index contributed by atoms with van der Waals surface area (Å²) in [5.41, 5.74) is -0.504. The van der Waals surface area contributed by atoms with Gasteiger partial charge in [-0.05, 0) is 19.4 Å². The van der Waals surface area contributed by atoms with Crippen LogP contribution in [0.3, 0.4) is 0 Å². The van der Waals surface area contributed by atoms with Crippen LogP contribution in [0, 0.1) is 21.7 Å². The quantitative estimate of drug-likeness (QED) is 0.624. The second-order valence-corrected chi connectivity index (χ2v) is 3.73. The van der Waals surface area contributed by atoms with Crippen molar-refractivity contribution < 1.29 is 13.7 Å². The average Bonchev–Trinajstić information content (AvgIpc) is 2.70. The number of hydrogen-bond donors (Lipinski definition) is 1. The Balaban J connectivity index is 2.44. The molecule has 1 atom stereocenters. The summed E-state index contributed by atoms with van der Waals surface area (Å²) in [6.07, 6.45) is 1.59. The van der Waals surface area contributed by atoms with Gasteiger partial charge < -0.3 is 5.32 Å². The zero-order valence-electron chi connectivity index (χ0n) is 8.37. The molecule has 0 unspecified atom stereocenters. The number of rotatable bonds is 2. The standard InChI is InChI=1S/C10H10F2N2O2/c11-7-5-8(12)10(14(15)16)4-6(7)9-2-1-3-13-9/h4-5,9,13H,1-3H2/t9-/m1/s1. The molecule has 1 heterocycles. The molecule has 1 aliphatic heterocycles. The molecule has 1 aromatic carbocycles. The predicted octanol–water partition coefficient (Wildman–Crippen LogP) is 2.30. The number of nitro groups is 1. The van der Waals surface area contributed by atoms with E-state index < -0.39 is 22.2 Å². The largest absolute Gasteiger partial charge is 0.310 e. The molecule has 0 spiro atoms. The van der Waals surface area contributed by atoms with Gasteiger partial charge in [0.25, 0.3) is 0 Å². The maximum atomic E-state index is 13.4. The van der Waals surface area contributed by atoms with Gasteiger partial charge in [0, 0.05) is 23.7 Å². The molecule has 0 radical (unpaired) electrons. The van der Waals surface area contributed by atoms with Crippen molar-refractivity contribution in [3.05, 3.63) is 39.4 Å². The summed E-state index contributed by atoms with van der Waals surface area (Å²) in [7, 11) is 0. The molecule has 1 aliphatic rings. The molecule has 1 aromatic rings. The third-order valence-electron chi connectivity index (χ3n) is 2.70. The molecular weight excluding hydrogens is 218 g/mol. The zero-order valence-corrected chi connectivity index (χ0v) is 8.37. The maximum Gasteiger partial charge on any atom is 0.305 e. The first-order valence-electron chi connectivity index (χ1n) is 4.96. The van der Waals surface area contributed by atoms with Gasteiger partial charge in [0.2, 0.25) is 5.82 Å². The molecule has 4 nitrogen and oxygen atoms in total. The SMILES string of the molecule is O=[N+]([O-])c1cc([C@H]2CCCN2)c(F)cc1F. The average molecular weight is 228 g/mol. The third kappa shape index (κ3) is 1.88. The minimum Gasteiger partial charge on any atom is -0.310 e. The highest BCUT2D eigenvalue weighted by Gasteiger charge is 2.25. The van der Waals surface area contributed by atoms with E-state index in [9.17, 15) is 18.9 Å². The van der Waals surface area contributed by atoms with Gasteiger partial charge in [0.15, 0.2) is 0 Å². The number of benzene rings is 1. The Bertz CT molecular complexity index is 431. The second kappa shape index (κ2) is 4.13. The fourth-order valence-electron chi connectivity index (χ4n) is 1.91. The van der Waals surface area contributed by atoms with E-state index in [2.05, 4.69) is 5.32 Å². The lowest BCUT2D eigenvalue weighted by atomic mass is 10.0. The molecule has 0 aliphatic carbocycles. The van der Waals surface area contributed by atoms with Crippen LogP contribution in [0.2, 0.25) is 0 Å². The Morgan fingerprint density at radius 2 is 2.12 bits per heavy atom. The van der Waals surface area contributed by atoms with E-state index in [0.717, 1.165) is 19.0 Å². The molecular formula is C10H10F2N2O2. The number of nitrogens with zero attached hydrogens (tertiary/aromatic N) is 1. The van der Waals surface area contributed by atoms with Gasteiger partial charge in [-0.1, -0.05) is 0 Å². The van der Waals surface area contributed by atoms with Gasteiger partial charge in [0.1, 0.15) is 5.82 Å². The van der Waals surface area contributed by atoms with Crippen LogP contribution >= 0.6 is 0 Å². The van der Waals surface area contributed by atoms with Gasteiger partial charge in [0.05, 0.1) is 4.92 Å². The van der Waals surface area contributed by atoms with Crippen molar-refractivity contribution in [2.45, 2.75) is 18.9 Å². The first-order valence-corrected chi connectivity index (χ1v) is 4.96. The third-order valence-corrected chi connectivity index (χ3v) is 2.70. The highest BCUT2D eigenvalue weighted by atomic mass is 19.1. The summed E-state index contributed by atoms with van der Waals surface area (Å²) >= 11 is 0. The summed E-state index contributed by atoms with van der Waals surface area (Å²) in [6, 6.07) is 1.31. The van der Waals surface area contributed by atoms with Crippen LogP contribution in [-0.2, 0) is 0 Å². The Morgan fingerprint density at radius 3 is 2.69 bits per heavy atom. The van der Waals surface area contributed by atoms with Crippen molar-refractivity contribution in [2.24, 2.45) is 0 Å². The van der Waals surface area contributed by atoms with Gasteiger partial charge in [-0.2, -0.15) is 4.39 Å². The second-order valence-electron chi connectivity index (χ2n) is 3.73. The van der Waals surface area contributed by atoms with Crippen LogP contribution in [0.5, 0.6) is 0 Å². The van der Waals surface area contributed by atoms with Crippen molar-refractivity contribution in [2.75, 3.05) is 6.54 Å². The number of nitro benzene ring substituents is 1. The van der Waals surface area contributed by atoms with Crippen molar-refractivity contribution >= 4 is 5.69 Å². The number of nitrogens with one attached hydrogen (secondary N) is 1.